The molecule has 0 aromatic carbocycles. The second kappa shape index (κ2) is 4.81. The van der Waals surface area contributed by atoms with Gasteiger partial charge < -0.3 is 10.5 Å². The van der Waals surface area contributed by atoms with Crippen LogP contribution in [0.25, 0.3) is 0 Å². The normalized spacial score (nSPS) is 34.6. The van der Waals surface area contributed by atoms with Crippen LogP contribution in [0.15, 0.2) is 18.3 Å². The number of ether oxygens (including phenoxy) is 1. The van der Waals surface area contributed by atoms with E-state index in [2.05, 4.69) is 31.8 Å². The first-order valence-corrected chi connectivity index (χ1v) is 7.73. The number of nitrogens with two attached hydrogens (primary N) is 1. The average Bonchev–Trinajstić information content (AvgIpc) is 2.78. The van der Waals surface area contributed by atoms with Gasteiger partial charge in [0.05, 0.1) is 18.4 Å². The standard InChI is InChI=1S/C17H26N2O/c1-16(2)13-4-6-17(16,3)15(9-13)20-11-12-5-7-19-14(8-12)10-18/h5,7-8,13,15H,4,6,9-11,18H2,1-3H3. The van der Waals surface area contributed by atoms with Gasteiger partial charge in [-0.25, -0.2) is 0 Å². The maximum atomic E-state index is 6.29. The summed E-state index contributed by atoms with van der Waals surface area (Å²) in [5.41, 5.74) is 8.51. The van der Waals surface area contributed by atoms with Gasteiger partial charge in [-0.2, -0.15) is 0 Å². The molecule has 0 radical (unpaired) electrons. The molecule has 1 heterocycles. The van der Waals surface area contributed by atoms with Gasteiger partial charge in [0.15, 0.2) is 0 Å². The largest absolute Gasteiger partial charge is 0.373 e. The number of rotatable bonds is 4. The van der Waals surface area contributed by atoms with Gasteiger partial charge in [-0.3, -0.25) is 4.98 Å². The Morgan fingerprint density at radius 3 is 2.80 bits per heavy atom. The molecule has 3 unspecified atom stereocenters. The van der Waals surface area contributed by atoms with Gasteiger partial charge in [0.25, 0.3) is 0 Å². The van der Waals surface area contributed by atoms with E-state index in [1.165, 1.54) is 24.8 Å². The first kappa shape index (κ1) is 14.0. The van der Waals surface area contributed by atoms with E-state index in [0.29, 0.717) is 30.1 Å². The Balaban J connectivity index is 1.68. The predicted molar refractivity (Wildman–Crippen MR) is 79.9 cm³/mol. The Labute approximate surface area is 121 Å². The Hall–Kier alpha value is -0.930. The van der Waals surface area contributed by atoms with Gasteiger partial charge in [0, 0.05) is 12.7 Å². The van der Waals surface area contributed by atoms with Crippen LogP contribution in [0.4, 0.5) is 0 Å². The first-order valence-electron chi connectivity index (χ1n) is 7.73. The molecule has 3 heteroatoms. The molecule has 0 saturated heterocycles. The van der Waals surface area contributed by atoms with Crippen molar-refractivity contribution in [3.8, 4) is 0 Å². The van der Waals surface area contributed by atoms with Gasteiger partial charge in [0.1, 0.15) is 0 Å². The summed E-state index contributed by atoms with van der Waals surface area (Å²) >= 11 is 0. The number of nitrogens with zero attached hydrogens (tertiary/aromatic N) is 1. The number of hydrogen-bond donors (Lipinski definition) is 1. The predicted octanol–water partition coefficient (Wildman–Crippen LogP) is 3.27. The highest BCUT2D eigenvalue weighted by molar-refractivity contribution is 5.16. The maximum Gasteiger partial charge on any atom is 0.0722 e. The highest BCUT2D eigenvalue weighted by Gasteiger charge is 2.61. The van der Waals surface area contributed by atoms with Crippen LogP contribution in [0.5, 0.6) is 0 Å². The SMILES string of the molecule is CC1(C)C2CCC1(C)C(OCc1ccnc(CN)c1)C2. The van der Waals surface area contributed by atoms with Crippen LogP contribution < -0.4 is 5.73 Å². The van der Waals surface area contributed by atoms with Crippen molar-refractivity contribution in [3.63, 3.8) is 0 Å². The van der Waals surface area contributed by atoms with Crippen molar-refractivity contribution in [2.45, 2.75) is 59.3 Å². The summed E-state index contributed by atoms with van der Waals surface area (Å²) in [6.45, 7) is 8.44. The molecule has 1 aromatic heterocycles. The lowest BCUT2D eigenvalue weighted by Gasteiger charge is -2.38. The number of fused-ring (bicyclic) bond motifs is 2. The smallest absolute Gasteiger partial charge is 0.0722 e. The van der Waals surface area contributed by atoms with Crippen LogP contribution >= 0.6 is 0 Å². The zero-order valence-electron chi connectivity index (χ0n) is 12.9. The summed E-state index contributed by atoms with van der Waals surface area (Å²) in [4.78, 5) is 4.23. The number of pyridine rings is 1. The summed E-state index contributed by atoms with van der Waals surface area (Å²) in [5.74, 6) is 0.828. The molecule has 0 spiro atoms. The molecule has 2 fully saturated rings. The first-order chi connectivity index (χ1) is 9.47. The monoisotopic (exact) mass is 274 g/mol. The summed E-state index contributed by atoms with van der Waals surface area (Å²) < 4.78 is 6.29. The van der Waals surface area contributed by atoms with E-state index >= 15 is 0 Å². The highest BCUT2D eigenvalue weighted by Crippen LogP contribution is 2.66. The van der Waals surface area contributed by atoms with Crippen LogP contribution in [0.3, 0.4) is 0 Å². The van der Waals surface area contributed by atoms with E-state index in [0.717, 1.165) is 11.6 Å². The molecular weight excluding hydrogens is 248 g/mol. The van der Waals surface area contributed by atoms with Crippen LogP contribution in [-0.2, 0) is 17.9 Å². The molecule has 110 valence electrons. The minimum absolute atomic E-state index is 0.335. The molecule has 0 aliphatic heterocycles. The topological polar surface area (TPSA) is 48.1 Å². The second-order valence-electron chi connectivity index (χ2n) is 7.27. The van der Waals surface area contributed by atoms with Crippen molar-refractivity contribution >= 4 is 0 Å². The highest BCUT2D eigenvalue weighted by atomic mass is 16.5. The molecular formula is C17H26N2O. The molecule has 2 aliphatic rings. The fourth-order valence-corrected chi connectivity index (χ4v) is 4.31. The maximum absolute atomic E-state index is 6.29. The van der Waals surface area contributed by atoms with Gasteiger partial charge in [-0.1, -0.05) is 20.8 Å². The molecule has 2 bridgehead atoms. The summed E-state index contributed by atoms with van der Waals surface area (Å²) in [7, 11) is 0. The molecule has 2 saturated carbocycles. The van der Waals surface area contributed by atoms with Crippen LogP contribution in [0.2, 0.25) is 0 Å². The molecule has 3 nitrogen and oxygen atoms in total. The van der Waals surface area contributed by atoms with Gasteiger partial charge in [-0.05, 0) is 53.7 Å². The third-order valence-corrected chi connectivity index (χ3v) is 6.26. The van der Waals surface area contributed by atoms with E-state index in [9.17, 15) is 0 Å². The Bertz CT molecular complexity index is 500. The minimum Gasteiger partial charge on any atom is -0.373 e. The van der Waals surface area contributed by atoms with Gasteiger partial charge in [0.2, 0.25) is 0 Å². The molecule has 20 heavy (non-hydrogen) atoms. The van der Waals surface area contributed by atoms with Crippen molar-refractivity contribution in [1.82, 2.24) is 4.98 Å². The number of aromatic nitrogens is 1. The van der Waals surface area contributed by atoms with Crippen molar-refractivity contribution < 1.29 is 4.74 Å². The molecule has 1 aromatic rings. The van der Waals surface area contributed by atoms with E-state index < -0.39 is 0 Å². The lowest BCUT2D eigenvalue weighted by molar-refractivity contribution is -0.0550. The quantitative estimate of drug-likeness (QED) is 0.916. The molecule has 0 amide bonds. The molecule has 3 atom stereocenters. The van der Waals surface area contributed by atoms with Crippen LogP contribution in [-0.4, -0.2) is 11.1 Å². The van der Waals surface area contributed by atoms with E-state index in [1.54, 1.807) is 0 Å². The van der Waals surface area contributed by atoms with Crippen molar-refractivity contribution in [1.29, 1.82) is 0 Å². The fraction of sp³-hybridized carbons (Fsp3) is 0.706. The van der Waals surface area contributed by atoms with E-state index in [4.69, 9.17) is 10.5 Å². The van der Waals surface area contributed by atoms with Crippen LogP contribution in [0, 0.1) is 16.7 Å². The van der Waals surface area contributed by atoms with Gasteiger partial charge >= 0.3 is 0 Å². The van der Waals surface area contributed by atoms with E-state index in [-0.39, 0.29) is 0 Å². The Morgan fingerprint density at radius 2 is 2.20 bits per heavy atom. The average molecular weight is 274 g/mol. The second-order valence-corrected chi connectivity index (χ2v) is 7.27. The van der Waals surface area contributed by atoms with Gasteiger partial charge in [-0.15, -0.1) is 0 Å². The van der Waals surface area contributed by atoms with Crippen molar-refractivity contribution in [2.75, 3.05) is 0 Å². The zero-order chi connectivity index (χ0) is 14.4. The lowest BCUT2D eigenvalue weighted by Crippen LogP contribution is -2.37. The van der Waals surface area contributed by atoms with E-state index in [1.807, 2.05) is 12.3 Å². The van der Waals surface area contributed by atoms with Crippen molar-refractivity contribution in [2.24, 2.45) is 22.5 Å². The summed E-state index contributed by atoms with van der Waals surface area (Å²) in [5, 5.41) is 0. The summed E-state index contributed by atoms with van der Waals surface area (Å²) in [6.07, 6.45) is 6.12. The fourth-order valence-electron chi connectivity index (χ4n) is 4.31. The summed E-state index contributed by atoms with van der Waals surface area (Å²) in [6, 6.07) is 4.08. The zero-order valence-corrected chi connectivity index (χ0v) is 12.9. The molecule has 3 rings (SSSR count). The molecule has 2 aliphatic carbocycles. The third-order valence-electron chi connectivity index (χ3n) is 6.26. The van der Waals surface area contributed by atoms with Crippen LogP contribution in [0.1, 0.15) is 51.3 Å². The third kappa shape index (κ3) is 1.99. The number of hydrogen-bond acceptors (Lipinski definition) is 3. The minimum atomic E-state index is 0.335. The molecule has 2 N–H and O–H groups in total. The Morgan fingerprint density at radius 1 is 1.40 bits per heavy atom. The Kier molecular flexibility index (Phi) is 3.38. The van der Waals surface area contributed by atoms with Crippen molar-refractivity contribution in [3.05, 3.63) is 29.6 Å². The lowest BCUT2D eigenvalue weighted by atomic mass is 9.70.